The van der Waals surface area contributed by atoms with Crippen LogP contribution >= 0.6 is 0 Å². The third-order valence-corrected chi connectivity index (χ3v) is 4.81. The van der Waals surface area contributed by atoms with E-state index in [2.05, 4.69) is 9.88 Å². The number of ether oxygens (including phenoxy) is 2. The summed E-state index contributed by atoms with van der Waals surface area (Å²) in [6.07, 6.45) is 3.80. The molecule has 0 spiro atoms. The van der Waals surface area contributed by atoms with Crippen molar-refractivity contribution in [3.8, 4) is 11.5 Å². The predicted molar refractivity (Wildman–Crippen MR) is 104 cm³/mol. The van der Waals surface area contributed by atoms with E-state index in [1.165, 1.54) is 5.56 Å². The van der Waals surface area contributed by atoms with Gasteiger partial charge in [0, 0.05) is 51.2 Å². The summed E-state index contributed by atoms with van der Waals surface area (Å²) in [5.74, 6) is 1.44. The van der Waals surface area contributed by atoms with Crippen LogP contribution in [-0.2, 0) is 11.3 Å². The van der Waals surface area contributed by atoms with Crippen molar-refractivity contribution in [2.45, 2.75) is 26.0 Å². The number of piperazine rings is 1. The minimum absolute atomic E-state index is 0.0591. The van der Waals surface area contributed by atoms with E-state index >= 15 is 0 Å². The molecule has 1 aromatic heterocycles. The van der Waals surface area contributed by atoms with Crippen molar-refractivity contribution in [3.63, 3.8) is 0 Å². The summed E-state index contributed by atoms with van der Waals surface area (Å²) in [6, 6.07) is 11.5. The first-order valence-corrected chi connectivity index (χ1v) is 9.40. The van der Waals surface area contributed by atoms with Crippen LogP contribution in [-0.4, -0.2) is 60.1 Å². The summed E-state index contributed by atoms with van der Waals surface area (Å²) < 4.78 is 11.2. The van der Waals surface area contributed by atoms with Gasteiger partial charge in [-0.1, -0.05) is 13.0 Å². The van der Waals surface area contributed by atoms with Crippen LogP contribution < -0.4 is 9.47 Å². The maximum Gasteiger partial charge on any atom is 0.263 e. The third-order valence-electron chi connectivity index (χ3n) is 4.81. The Hall–Kier alpha value is -2.60. The van der Waals surface area contributed by atoms with Crippen LogP contribution in [0, 0.1) is 0 Å². The van der Waals surface area contributed by atoms with E-state index in [0.717, 1.165) is 38.5 Å². The highest BCUT2D eigenvalue weighted by molar-refractivity contribution is 5.81. The topological polar surface area (TPSA) is 54.9 Å². The standard InChI is InChI=1S/C21H27N3O3/c1-3-20(27-19-6-4-5-18(15-19)26-2)21(25)24-13-11-23(12-14-24)16-17-7-9-22-10-8-17/h4-10,15,20H,3,11-14,16H2,1-2H3. The Morgan fingerprint density at radius 3 is 2.48 bits per heavy atom. The van der Waals surface area contributed by atoms with E-state index in [1.54, 1.807) is 7.11 Å². The van der Waals surface area contributed by atoms with Crippen LogP contribution in [0.4, 0.5) is 0 Å². The zero-order valence-electron chi connectivity index (χ0n) is 16.0. The number of carbonyl (C=O) groups excluding carboxylic acids is 1. The molecule has 0 saturated carbocycles. The number of aromatic nitrogens is 1. The molecular formula is C21H27N3O3. The fourth-order valence-electron chi connectivity index (χ4n) is 3.22. The van der Waals surface area contributed by atoms with Crippen molar-refractivity contribution in [2.24, 2.45) is 0 Å². The molecule has 1 amide bonds. The highest BCUT2D eigenvalue weighted by Gasteiger charge is 2.28. The normalized spacial score (nSPS) is 16.0. The second kappa shape index (κ2) is 9.37. The lowest BCUT2D eigenvalue weighted by molar-refractivity contribution is -0.140. The smallest absolute Gasteiger partial charge is 0.263 e. The average Bonchev–Trinajstić information content (AvgIpc) is 2.73. The lowest BCUT2D eigenvalue weighted by Crippen LogP contribution is -2.52. The summed E-state index contributed by atoms with van der Waals surface area (Å²) in [7, 11) is 1.62. The van der Waals surface area contributed by atoms with Gasteiger partial charge in [-0.25, -0.2) is 0 Å². The van der Waals surface area contributed by atoms with Gasteiger partial charge in [-0.2, -0.15) is 0 Å². The molecule has 1 atom stereocenters. The second-order valence-electron chi connectivity index (χ2n) is 6.65. The van der Waals surface area contributed by atoms with Gasteiger partial charge in [-0.3, -0.25) is 14.7 Å². The molecule has 2 heterocycles. The molecule has 1 fully saturated rings. The Morgan fingerprint density at radius 2 is 1.81 bits per heavy atom. The molecule has 6 nitrogen and oxygen atoms in total. The van der Waals surface area contributed by atoms with Gasteiger partial charge in [0.05, 0.1) is 7.11 Å². The van der Waals surface area contributed by atoms with E-state index in [-0.39, 0.29) is 5.91 Å². The highest BCUT2D eigenvalue weighted by Crippen LogP contribution is 2.21. The van der Waals surface area contributed by atoms with Crippen molar-refractivity contribution in [3.05, 3.63) is 54.4 Å². The van der Waals surface area contributed by atoms with Gasteiger partial charge in [0.1, 0.15) is 11.5 Å². The highest BCUT2D eigenvalue weighted by atomic mass is 16.5. The molecule has 1 saturated heterocycles. The zero-order chi connectivity index (χ0) is 19.1. The number of hydrogen-bond acceptors (Lipinski definition) is 5. The first kappa shape index (κ1) is 19.2. The molecule has 1 aromatic carbocycles. The largest absolute Gasteiger partial charge is 0.497 e. The molecule has 0 aliphatic carbocycles. The van der Waals surface area contributed by atoms with Crippen LogP contribution in [0.2, 0.25) is 0 Å². The van der Waals surface area contributed by atoms with Gasteiger partial charge in [0.25, 0.3) is 5.91 Å². The molecule has 2 aromatic rings. The number of hydrogen-bond donors (Lipinski definition) is 0. The van der Waals surface area contributed by atoms with Gasteiger partial charge in [0.2, 0.25) is 0 Å². The molecular weight excluding hydrogens is 342 g/mol. The summed E-state index contributed by atoms with van der Waals surface area (Å²) in [4.78, 5) is 21.2. The number of rotatable bonds is 7. The average molecular weight is 369 g/mol. The fraction of sp³-hybridized carbons (Fsp3) is 0.429. The van der Waals surface area contributed by atoms with E-state index in [9.17, 15) is 4.79 Å². The van der Waals surface area contributed by atoms with Gasteiger partial charge >= 0.3 is 0 Å². The van der Waals surface area contributed by atoms with Crippen molar-refractivity contribution in [2.75, 3.05) is 33.3 Å². The van der Waals surface area contributed by atoms with Crippen LogP contribution in [0.5, 0.6) is 11.5 Å². The Morgan fingerprint density at radius 1 is 1.11 bits per heavy atom. The quantitative estimate of drug-likeness (QED) is 0.751. The second-order valence-corrected chi connectivity index (χ2v) is 6.65. The minimum Gasteiger partial charge on any atom is -0.497 e. The van der Waals surface area contributed by atoms with Crippen LogP contribution in [0.1, 0.15) is 18.9 Å². The molecule has 3 rings (SSSR count). The first-order valence-electron chi connectivity index (χ1n) is 9.40. The summed E-state index contributed by atoms with van der Waals surface area (Å²) in [6.45, 7) is 6.04. The molecule has 6 heteroatoms. The molecule has 1 unspecified atom stereocenters. The molecule has 144 valence electrons. The minimum atomic E-state index is -0.469. The number of nitrogens with zero attached hydrogens (tertiary/aromatic N) is 3. The van der Waals surface area contributed by atoms with Gasteiger partial charge in [-0.05, 0) is 36.2 Å². The third kappa shape index (κ3) is 5.20. The summed E-state index contributed by atoms with van der Waals surface area (Å²) in [5, 5.41) is 0. The molecule has 0 radical (unpaired) electrons. The number of pyridine rings is 1. The monoisotopic (exact) mass is 369 g/mol. The van der Waals surface area contributed by atoms with Crippen molar-refractivity contribution in [1.82, 2.24) is 14.8 Å². The molecule has 1 aliphatic heterocycles. The Labute approximate surface area is 160 Å². The van der Waals surface area contributed by atoms with Crippen molar-refractivity contribution < 1.29 is 14.3 Å². The van der Waals surface area contributed by atoms with E-state index in [1.807, 2.05) is 60.6 Å². The molecule has 1 aliphatic rings. The summed E-state index contributed by atoms with van der Waals surface area (Å²) in [5.41, 5.74) is 1.25. The van der Waals surface area contributed by atoms with Crippen LogP contribution in [0.15, 0.2) is 48.8 Å². The van der Waals surface area contributed by atoms with Crippen molar-refractivity contribution >= 4 is 5.91 Å². The predicted octanol–water partition coefficient (Wildman–Crippen LogP) is 2.59. The first-order chi connectivity index (χ1) is 13.2. The number of carbonyl (C=O) groups is 1. The Bertz CT molecular complexity index is 730. The van der Waals surface area contributed by atoms with E-state index in [0.29, 0.717) is 12.2 Å². The summed E-state index contributed by atoms with van der Waals surface area (Å²) >= 11 is 0. The van der Waals surface area contributed by atoms with Crippen LogP contribution in [0.25, 0.3) is 0 Å². The Balaban J connectivity index is 1.53. The maximum absolute atomic E-state index is 12.9. The SMILES string of the molecule is CCC(Oc1cccc(OC)c1)C(=O)N1CCN(Cc2ccncc2)CC1. The number of methoxy groups -OCH3 is 1. The van der Waals surface area contributed by atoms with Gasteiger partial charge < -0.3 is 14.4 Å². The van der Waals surface area contributed by atoms with Gasteiger partial charge in [-0.15, -0.1) is 0 Å². The lowest BCUT2D eigenvalue weighted by atomic mass is 10.2. The zero-order valence-corrected chi connectivity index (χ0v) is 16.0. The Kier molecular flexibility index (Phi) is 6.65. The number of benzene rings is 1. The molecule has 0 bridgehead atoms. The lowest BCUT2D eigenvalue weighted by Gasteiger charge is -2.36. The van der Waals surface area contributed by atoms with E-state index in [4.69, 9.17) is 9.47 Å². The molecule has 0 N–H and O–H groups in total. The van der Waals surface area contributed by atoms with Crippen LogP contribution in [0.3, 0.4) is 0 Å². The van der Waals surface area contributed by atoms with Crippen molar-refractivity contribution in [1.29, 1.82) is 0 Å². The number of amides is 1. The van der Waals surface area contributed by atoms with E-state index < -0.39 is 6.10 Å². The fourth-order valence-corrected chi connectivity index (χ4v) is 3.22. The van der Waals surface area contributed by atoms with Gasteiger partial charge in [0.15, 0.2) is 6.10 Å². The maximum atomic E-state index is 12.9. The molecule has 27 heavy (non-hydrogen) atoms.